The Bertz CT molecular complexity index is 637. The molecule has 0 aliphatic rings. The van der Waals surface area contributed by atoms with E-state index < -0.39 is 17.8 Å². The van der Waals surface area contributed by atoms with Crippen LogP contribution < -0.4 is 5.32 Å². The summed E-state index contributed by atoms with van der Waals surface area (Å²) in [5.74, 6) is -2.70. The van der Waals surface area contributed by atoms with Crippen molar-refractivity contribution in [3.63, 3.8) is 0 Å². The number of nitrogens with one attached hydrogen (secondary N) is 1. The number of carboxylic acids is 1. The molecule has 0 radical (unpaired) electrons. The summed E-state index contributed by atoms with van der Waals surface area (Å²) in [5, 5.41) is 15.7. The van der Waals surface area contributed by atoms with Gasteiger partial charge in [-0.05, 0) is 37.6 Å². The Kier molecular flexibility index (Phi) is 4.37. The fourth-order valence-electron chi connectivity index (χ4n) is 1.89. The van der Waals surface area contributed by atoms with E-state index in [0.29, 0.717) is 0 Å². The molecule has 0 fully saturated rings. The van der Waals surface area contributed by atoms with Crippen LogP contribution in [0.15, 0.2) is 42.7 Å². The molecule has 0 aliphatic heterocycles. The van der Waals surface area contributed by atoms with Gasteiger partial charge < -0.3 is 10.4 Å². The van der Waals surface area contributed by atoms with Crippen LogP contribution in [-0.4, -0.2) is 26.8 Å². The zero-order valence-electron chi connectivity index (χ0n) is 11.9. The van der Waals surface area contributed by atoms with E-state index in [9.17, 15) is 9.59 Å². The Morgan fingerprint density at radius 1 is 1.29 bits per heavy atom. The number of amides is 1. The molecule has 0 aliphatic carbocycles. The molecule has 6 heteroatoms. The van der Waals surface area contributed by atoms with Crippen molar-refractivity contribution in [1.82, 2.24) is 15.1 Å². The van der Waals surface area contributed by atoms with E-state index in [4.69, 9.17) is 5.11 Å². The van der Waals surface area contributed by atoms with Crippen LogP contribution in [0.4, 0.5) is 0 Å². The van der Waals surface area contributed by atoms with Gasteiger partial charge in [-0.15, -0.1) is 0 Å². The van der Waals surface area contributed by atoms with Crippen LogP contribution in [0.1, 0.15) is 25.5 Å². The van der Waals surface area contributed by atoms with Crippen LogP contribution in [0.5, 0.6) is 0 Å². The Labute approximate surface area is 122 Å². The Morgan fingerprint density at radius 2 is 2.05 bits per heavy atom. The highest BCUT2D eigenvalue weighted by atomic mass is 16.4. The van der Waals surface area contributed by atoms with Gasteiger partial charge in [-0.1, -0.05) is 12.1 Å². The van der Waals surface area contributed by atoms with Crippen LogP contribution in [0, 0.1) is 5.92 Å². The highest BCUT2D eigenvalue weighted by Gasteiger charge is 2.22. The number of nitrogens with zero attached hydrogens (tertiary/aromatic N) is 2. The average Bonchev–Trinajstić information content (AvgIpc) is 3.00. The molecule has 6 nitrogen and oxygen atoms in total. The predicted octanol–water partition coefficient (Wildman–Crippen LogP) is 1.77. The van der Waals surface area contributed by atoms with Crippen molar-refractivity contribution in [3.05, 3.63) is 48.3 Å². The molecule has 0 bridgehead atoms. The molecular formula is C15H17N3O3. The molecule has 0 saturated heterocycles. The van der Waals surface area contributed by atoms with E-state index in [1.807, 2.05) is 43.5 Å². The van der Waals surface area contributed by atoms with Gasteiger partial charge in [-0.3, -0.25) is 9.59 Å². The Hall–Kier alpha value is -2.63. The first-order valence-electron chi connectivity index (χ1n) is 6.62. The van der Waals surface area contributed by atoms with E-state index in [2.05, 4.69) is 10.4 Å². The van der Waals surface area contributed by atoms with Gasteiger partial charge in [0.2, 0.25) is 5.91 Å². The van der Waals surface area contributed by atoms with Crippen molar-refractivity contribution in [2.75, 3.05) is 0 Å². The standard InChI is InChI=1S/C15H17N3O3/c1-10(15(20)21)14(19)17-11(2)12-5-3-6-13(9-12)18-8-4-7-16-18/h3-11H,1-2H3,(H,17,19)(H,20,21). The summed E-state index contributed by atoms with van der Waals surface area (Å²) in [7, 11) is 0. The number of rotatable bonds is 5. The lowest BCUT2D eigenvalue weighted by Crippen LogP contribution is -2.35. The van der Waals surface area contributed by atoms with Crippen molar-refractivity contribution in [2.24, 2.45) is 5.92 Å². The number of carbonyl (C=O) groups excluding carboxylic acids is 1. The molecule has 0 saturated carbocycles. The maximum Gasteiger partial charge on any atom is 0.315 e. The van der Waals surface area contributed by atoms with Gasteiger partial charge in [-0.2, -0.15) is 5.10 Å². The van der Waals surface area contributed by atoms with Gasteiger partial charge in [-0.25, -0.2) is 4.68 Å². The number of benzene rings is 1. The summed E-state index contributed by atoms with van der Waals surface area (Å²) in [6.07, 6.45) is 3.52. The second-order valence-electron chi connectivity index (χ2n) is 4.84. The topological polar surface area (TPSA) is 84.2 Å². The van der Waals surface area contributed by atoms with Gasteiger partial charge in [0.1, 0.15) is 5.92 Å². The molecule has 21 heavy (non-hydrogen) atoms. The quantitative estimate of drug-likeness (QED) is 0.821. The number of hydrogen-bond donors (Lipinski definition) is 2. The van der Waals surface area contributed by atoms with Crippen molar-refractivity contribution in [3.8, 4) is 5.69 Å². The van der Waals surface area contributed by atoms with Gasteiger partial charge in [0.25, 0.3) is 0 Å². The molecule has 2 atom stereocenters. The zero-order valence-corrected chi connectivity index (χ0v) is 11.9. The van der Waals surface area contributed by atoms with E-state index >= 15 is 0 Å². The minimum absolute atomic E-state index is 0.283. The largest absolute Gasteiger partial charge is 0.481 e. The number of aliphatic carboxylic acids is 1. The third-order valence-electron chi connectivity index (χ3n) is 3.26. The van der Waals surface area contributed by atoms with Crippen molar-refractivity contribution < 1.29 is 14.7 Å². The highest BCUT2D eigenvalue weighted by Crippen LogP contribution is 2.17. The fourth-order valence-corrected chi connectivity index (χ4v) is 1.89. The first-order valence-corrected chi connectivity index (χ1v) is 6.62. The monoisotopic (exact) mass is 287 g/mol. The van der Waals surface area contributed by atoms with Gasteiger partial charge in [0, 0.05) is 12.4 Å². The van der Waals surface area contributed by atoms with Crippen molar-refractivity contribution in [2.45, 2.75) is 19.9 Å². The van der Waals surface area contributed by atoms with Crippen molar-refractivity contribution in [1.29, 1.82) is 0 Å². The minimum atomic E-state index is -1.13. The number of carbonyl (C=O) groups is 2. The summed E-state index contributed by atoms with van der Waals surface area (Å²) >= 11 is 0. The molecule has 2 unspecified atom stereocenters. The van der Waals surface area contributed by atoms with E-state index in [-0.39, 0.29) is 6.04 Å². The van der Waals surface area contributed by atoms with Gasteiger partial charge >= 0.3 is 5.97 Å². The average molecular weight is 287 g/mol. The van der Waals surface area contributed by atoms with Crippen LogP contribution in [0.3, 0.4) is 0 Å². The third kappa shape index (κ3) is 3.47. The highest BCUT2D eigenvalue weighted by molar-refractivity contribution is 5.96. The van der Waals surface area contributed by atoms with Crippen LogP contribution in [-0.2, 0) is 9.59 Å². The maximum absolute atomic E-state index is 11.8. The summed E-state index contributed by atoms with van der Waals surface area (Å²) in [6.45, 7) is 3.18. The van der Waals surface area contributed by atoms with E-state index in [1.165, 1.54) is 6.92 Å². The second-order valence-corrected chi connectivity index (χ2v) is 4.84. The Morgan fingerprint density at radius 3 is 2.67 bits per heavy atom. The molecule has 1 aromatic carbocycles. The molecule has 2 N–H and O–H groups in total. The van der Waals surface area contributed by atoms with Crippen LogP contribution in [0.2, 0.25) is 0 Å². The Balaban J connectivity index is 2.13. The fraction of sp³-hybridized carbons (Fsp3) is 0.267. The minimum Gasteiger partial charge on any atom is -0.481 e. The van der Waals surface area contributed by atoms with E-state index in [1.54, 1.807) is 10.9 Å². The van der Waals surface area contributed by atoms with Gasteiger partial charge in [0.05, 0.1) is 11.7 Å². The summed E-state index contributed by atoms with van der Waals surface area (Å²) in [4.78, 5) is 22.6. The predicted molar refractivity (Wildman–Crippen MR) is 76.9 cm³/mol. The summed E-state index contributed by atoms with van der Waals surface area (Å²) in [5.41, 5.74) is 1.76. The molecule has 110 valence electrons. The molecule has 1 aromatic heterocycles. The first-order chi connectivity index (χ1) is 9.99. The second kappa shape index (κ2) is 6.21. The molecule has 2 rings (SSSR count). The molecule has 1 heterocycles. The first kappa shape index (κ1) is 14.8. The smallest absolute Gasteiger partial charge is 0.315 e. The van der Waals surface area contributed by atoms with E-state index in [0.717, 1.165) is 11.3 Å². The van der Waals surface area contributed by atoms with Crippen LogP contribution >= 0.6 is 0 Å². The number of aromatic nitrogens is 2. The maximum atomic E-state index is 11.8. The SMILES string of the molecule is CC(C(=O)O)C(=O)NC(C)c1cccc(-n2cccn2)c1. The molecule has 1 amide bonds. The molecule has 0 spiro atoms. The normalized spacial score (nSPS) is 13.4. The van der Waals surface area contributed by atoms with Gasteiger partial charge in [0.15, 0.2) is 0 Å². The zero-order chi connectivity index (χ0) is 15.4. The third-order valence-corrected chi connectivity index (χ3v) is 3.26. The lowest BCUT2D eigenvalue weighted by Gasteiger charge is -2.17. The lowest BCUT2D eigenvalue weighted by molar-refractivity contribution is -0.146. The number of hydrogen-bond acceptors (Lipinski definition) is 3. The van der Waals surface area contributed by atoms with Crippen LogP contribution in [0.25, 0.3) is 5.69 Å². The summed E-state index contributed by atoms with van der Waals surface area (Å²) < 4.78 is 1.72. The summed E-state index contributed by atoms with van der Waals surface area (Å²) in [6, 6.07) is 9.11. The van der Waals surface area contributed by atoms with Crippen molar-refractivity contribution >= 4 is 11.9 Å². The number of carboxylic acid groups (broad SMARTS) is 1. The molecular weight excluding hydrogens is 270 g/mol. The lowest BCUT2D eigenvalue weighted by atomic mass is 10.1. The molecule has 2 aromatic rings.